The second-order valence-electron chi connectivity index (χ2n) is 6.20. The summed E-state index contributed by atoms with van der Waals surface area (Å²) in [5, 5.41) is 11.8. The van der Waals surface area contributed by atoms with Gasteiger partial charge < -0.3 is 0 Å². The number of nitrogens with zero attached hydrogens (tertiary/aromatic N) is 5. The number of nitrogens with one attached hydrogen (secondary N) is 2. The molecule has 10 nitrogen and oxygen atoms in total. The van der Waals surface area contributed by atoms with E-state index in [0.717, 1.165) is 5.56 Å². The van der Waals surface area contributed by atoms with E-state index >= 15 is 0 Å². The van der Waals surface area contributed by atoms with Gasteiger partial charge in [0.2, 0.25) is 11.6 Å². The highest BCUT2D eigenvalue weighted by Gasteiger charge is 2.25. The van der Waals surface area contributed by atoms with Gasteiger partial charge in [-0.05, 0) is 31.2 Å². The highest BCUT2D eigenvalue weighted by molar-refractivity contribution is 5.95. The van der Waals surface area contributed by atoms with Crippen LogP contribution in [0.15, 0.2) is 61.2 Å². The number of benzene rings is 2. The molecule has 4 aromatic rings. The molecule has 2 heterocycles. The molecule has 2 aromatic carbocycles. The Balaban J connectivity index is 1.68. The zero-order chi connectivity index (χ0) is 20.4. The standard InChI is InChI=1S/C19H15N7O3/c1-12-6-8-13(9-7-12)19(27)24-23-17-16(26(28)29)18(21-10-20-17)25-11-22-14-4-2-3-5-15(14)25/h2-11H,1H3,(H,24,27)(H,20,21,23). The predicted molar refractivity (Wildman–Crippen MR) is 106 cm³/mol. The van der Waals surface area contributed by atoms with Gasteiger partial charge in [0.15, 0.2) is 0 Å². The smallest absolute Gasteiger partial charge is 0.277 e. The van der Waals surface area contributed by atoms with Crippen LogP contribution in [0.2, 0.25) is 0 Å². The van der Waals surface area contributed by atoms with Crippen molar-refractivity contribution in [2.24, 2.45) is 0 Å². The van der Waals surface area contributed by atoms with E-state index in [1.165, 1.54) is 17.2 Å². The van der Waals surface area contributed by atoms with Crippen LogP contribution >= 0.6 is 0 Å². The number of fused-ring (bicyclic) bond motifs is 1. The number of hydrogen-bond donors (Lipinski definition) is 2. The third kappa shape index (κ3) is 3.46. The van der Waals surface area contributed by atoms with Gasteiger partial charge in [-0.1, -0.05) is 29.8 Å². The minimum Gasteiger partial charge on any atom is -0.277 e. The summed E-state index contributed by atoms with van der Waals surface area (Å²) in [6, 6.07) is 14.1. The number of amides is 1. The van der Waals surface area contributed by atoms with Crippen LogP contribution in [0.25, 0.3) is 16.9 Å². The summed E-state index contributed by atoms with van der Waals surface area (Å²) in [6.07, 6.45) is 2.63. The first kappa shape index (κ1) is 18.0. The molecule has 29 heavy (non-hydrogen) atoms. The fourth-order valence-electron chi connectivity index (χ4n) is 2.83. The average molecular weight is 389 g/mol. The summed E-state index contributed by atoms with van der Waals surface area (Å²) in [5.41, 5.74) is 7.31. The van der Waals surface area contributed by atoms with E-state index in [9.17, 15) is 14.9 Å². The number of anilines is 1. The molecule has 144 valence electrons. The Morgan fingerprint density at radius 2 is 1.83 bits per heavy atom. The zero-order valence-electron chi connectivity index (χ0n) is 15.2. The molecule has 0 bridgehead atoms. The number of aromatic nitrogens is 4. The molecule has 1 amide bonds. The molecule has 10 heteroatoms. The average Bonchev–Trinajstić information content (AvgIpc) is 3.16. The minimum atomic E-state index is -0.607. The van der Waals surface area contributed by atoms with Crippen molar-refractivity contribution in [3.05, 3.63) is 82.4 Å². The van der Waals surface area contributed by atoms with E-state index in [2.05, 4.69) is 25.8 Å². The molecule has 0 aliphatic carbocycles. The highest BCUT2D eigenvalue weighted by Crippen LogP contribution is 2.29. The summed E-state index contributed by atoms with van der Waals surface area (Å²) in [5.74, 6) is -0.559. The van der Waals surface area contributed by atoms with Crippen LogP contribution in [0.5, 0.6) is 0 Å². The van der Waals surface area contributed by atoms with Crippen LogP contribution < -0.4 is 10.9 Å². The number of carbonyl (C=O) groups excluding carboxylic acids is 1. The molecule has 0 atom stereocenters. The Kier molecular flexibility index (Phi) is 4.57. The van der Waals surface area contributed by atoms with Crippen LogP contribution in [0.1, 0.15) is 15.9 Å². The van der Waals surface area contributed by atoms with E-state index in [1.54, 1.807) is 42.5 Å². The molecular formula is C19H15N7O3. The molecule has 0 saturated carbocycles. The highest BCUT2D eigenvalue weighted by atomic mass is 16.6. The topological polar surface area (TPSA) is 128 Å². The molecule has 0 aliphatic rings. The molecule has 0 spiro atoms. The predicted octanol–water partition coefficient (Wildman–Crippen LogP) is 2.79. The lowest BCUT2D eigenvalue weighted by atomic mass is 10.1. The number of imidazole rings is 1. The van der Waals surface area contributed by atoms with Crippen LogP contribution in [-0.4, -0.2) is 30.3 Å². The monoisotopic (exact) mass is 389 g/mol. The fraction of sp³-hybridized carbons (Fsp3) is 0.0526. The number of aryl methyl sites for hydroxylation is 1. The first-order chi connectivity index (χ1) is 14.0. The molecule has 0 radical (unpaired) electrons. The van der Waals surface area contributed by atoms with Crippen molar-refractivity contribution in [1.29, 1.82) is 0 Å². The normalized spacial score (nSPS) is 10.7. The lowest BCUT2D eigenvalue weighted by Crippen LogP contribution is -2.30. The van der Waals surface area contributed by atoms with Crippen molar-refractivity contribution in [2.75, 3.05) is 5.43 Å². The maximum atomic E-state index is 12.3. The maximum Gasteiger partial charge on any atom is 0.355 e. The lowest BCUT2D eigenvalue weighted by molar-refractivity contribution is -0.384. The van der Waals surface area contributed by atoms with E-state index in [1.807, 2.05) is 13.0 Å². The number of hydrazine groups is 1. The van der Waals surface area contributed by atoms with Crippen LogP contribution in [-0.2, 0) is 0 Å². The van der Waals surface area contributed by atoms with Crippen molar-refractivity contribution in [3.63, 3.8) is 0 Å². The van der Waals surface area contributed by atoms with Gasteiger partial charge >= 0.3 is 5.69 Å². The Hall–Kier alpha value is -4.34. The minimum absolute atomic E-state index is 0.0331. The molecule has 0 fully saturated rings. The Morgan fingerprint density at radius 3 is 2.59 bits per heavy atom. The molecule has 4 rings (SSSR count). The lowest BCUT2D eigenvalue weighted by Gasteiger charge is -2.10. The number of carbonyl (C=O) groups is 1. The van der Waals surface area contributed by atoms with Crippen molar-refractivity contribution in [1.82, 2.24) is 24.9 Å². The summed E-state index contributed by atoms with van der Waals surface area (Å²) in [6.45, 7) is 1.91. The number of para-hydroxylation sites is 2. The maximum absolute atomic E-state index is 12.3. The van der Waals surface area contributed by atoms with Gasteiger partial charge in [-0.2, -0.15) is 0 Å². The number of nitro groups is 1. The zero-order valence-corrected chi connectivity index (χ0v) is 15.2. The summed E-state index contributed by atoms with van der Waals surface area (Å²) in [7, 11) is 0. The van der Waals surface area contributed by atoms with Crippen LogP contribution in [0.3, 0.4) is 0 Å². The molecule has 2 N–H and O–H groups in total. The van der Waals surface area contributed by atoms with Gasteiger partial charge in [-0.3, -0.25) is 30.3 Å². The molecule has 0 aliphatic heterocycles. The van der Waals surface area contributed by atoms with Crippen LogP contribution in [0.4, 0.5) is 11.5 Å². The van der Waals surface area contributed by atoms with Crippen LogP contribution in [0, 0.1) is 17.0 Å². The number of hydrogen-bond acceptors (Lipinski definition) is 7. The third-order valence-electron chi connectivity index (χ3n) is 4.28. The van der Waals surface area contributed by atoms with Gasteiger partial charge in [-0.15, -0.1) is 0 Å². The van der Waals surface area contributed by atoms with Gasteiger partial charge in [-0.25, -0.2) is 15.0 Å². The summed E-state index contributed by atoms with van der Waals surface area (Å²) < 4.78 is 1.50. The number of rotatable bonds is 5. The van der Waals surface area contributed by atoms with Gasteiger partial charge in [0.1, 0.15) is 12.7 Å². The van der Waals surface area contributed by atoms with Gasteiger partial charge in [0.05, 0.1) is 16.0 Å². The first-order valence-electron chi connectivity index (χ1n) is 8.59. The fourth-order valence-corrected chi connectivity index (χ4v) is 2.83. The SMILES string of the molecule is Cc1ccc(C(=O)NNc2ncnc(-n3cnc4ccccc43)c2[N+](=O)[O-])cc1. The Labute approximate surface area is 164 Å². The van der Waals surface area contributed by atoms with Gasteiger partial charge in [0.25, 0.3) is 5.91 Å². The largest absolute Gasteiger partial charge is 0.355 e. The van der Waals surface area contributed by atoms with Crippen molar-refractivity contribution >= 4 is 28.4 Å². The summed E-state index contributed by atoms with van der Waals surface area (Å²) >= 11 is 0. The second kappa shape index (κ2) is 7.35. The van der Waals surface area contributed by atoms with Crippen molar-refractivity contribution < 1.29 is 9.72 Å². The molecule has 0 saturated heterocycles. The molecule has 2 aromatic heterocycles. The molecule has 0 unspecified atom stereocenters. The van der Waals surface area contributed by atoms with E-state index in [4.69, 9.17) is 0 Å². The first-order valence-corrected chi connectivity index (χ1v) is 8.59. The quantitative estimate of drug-likeness (QED) is 0.397. The van der Waals surface area contributed by atoms with E-state index in [-0.39, 0.29) is 17.3 Å². The second-order valence-corrected chi connectivity index (χ2v) is 6.20. The van der Waals surface area contributed by atoms with Gasteiger partial charge in [0, 0.05) is 5.56 Å². The van der Waals surface area contributed by atoms with E-state index < -0.39 is 10.8 Å². The molecular weight excluding hydrogens is 374 g/mol. The Bertz CT molecular complexity index is 1220. The summed E-state index contributed by atoms with van der Waals surface area (Å²) in [4.78, 5) is 35.7. The Morgan fingerprint density at radius 1 is 1.07 bits per heavy atom. The van der Waals surface area contributed by atoms with Crippen molar-refractivity contribution in [3.8, 4) is 5.82 Å². The third-order valence-corrected chi connectivity index (χ3v) is 4.28. The van der Waals surface area contributed by atoms with Crippen molar-refractivity contribution in [2.45, 2.75) is 6.92 Å². The van der Waals surface area contributed by atoms with E-state index in [0.29, 0.717) is 16.6 Å².